The number of rotatable bonds is 3. The molecule has 0 aliphatic rings. The van der Waals surface area contributed by atoms with Gasteiger partial charge >= 0.3 is 0 Å². The predicted octanol–water partition coefficient (Wildman–Crippen LogP) is 4.60. The number of fused-ring (bicyclic) bond motifs is 1. The number of hydrogen-bond acceptors (Lipinski definition) is 6. The van der Waals surface area contributed by atoms with Gasteiger partial charge in [-0.25, -0.2) is 9.97 Å². The molecule has 0 atom stereocenters. The van der Waals surface area contributed by atoms with Crippen LogP contribution < -0.4 is 0 Å². The van der Waals surface area contributed by atoms with Gasteiger partial charge in [-0.2, -0.15) is 0 Å². The first kappa shape index (κ1) is 15.6. The maximum Gasteiger partial charge on any atom is 0.197 e. The van der Waals surface area contributed by atoms with E-state index < -0.39 is 0 Å². The topological polar surface area (TPSA) is 56.5 Å². The predicted molar refractivity (Wildman–Crippen MR) is 97.7 cm³/mol. The minimum absolute atomic E-state index is 0.655. The van der Waals surface area contributed by atoms with Crippen LogP contribution in [0.1, 0.15) is 4.88 Å². The van der Waals surface area contributed by atoms with Gasteiger partial charge in [-0.05, 0) is 36.9 Å². The summed E-state index contributed by atoms with van der Waals surface area (Å²) < 4.78 is 1.93. The molecule has 0 fully saturated rings. The first-order valence-electron chi connectivity index (χ1n) is 7.17. The average molecular weight is 374 g/mol. The van der Waals surface area contributed by atoms with E-state index in [0.29, 0.717) is 5.02 Å². The summed E-state index contributed by atoms with van der Waals surface area (Å²) in [6, 6.07) is 9.72. The highest BCUT2D eigenvalue weighted by molar-refractivity contribution is 7.99. The Labute approximate surface area is 151 Å². The van der Waals surface area contributed by atoms with E-state index in [1.807, 2.05) is 35.9 Å². The third kappa shape index (κ3) is 2.68. The molecule has 4 aromatic rings. The number of aromatic nitrogens is 5. The van der Waals surface area contributed by atoms with Gasteiger partial charge in [0.2, 0.25) is 0 Å². The van der Waals surface area contributed by atoms with Gasteiger partial charge in [-0.15, -0.1) is 21.5 Å². The highest BCUT2D eigenvalue weighted by Gasteiger charge is 2.16. The zero-order chi connectivity index (χ0) is 16.7. The molecule has 0 saturated carbocycles. The van der Waals surface area contributed by atoms with Gasteiger partial charge in [-0.3, -0.25) is 0 Å². The molecule has 0 amide bonds. The summed E-state index contributed by atoms with van der Waals surface area (Å²) in [5.74, 6) is 0.731. The van der Waals surface area contributed by atoms with Crippen molar-refractivity contribution in [2.75, 3.05) is 0 Å². The number of halogens is 1. The van der Waals surface area contributed by atoms with E-state index in [1.165, 1.54) is 16.6 Å². The molecule has 0 bridgehead atoms. The third-order valence-electron chi connectivity index (χ3n) is 3.55. The molecule has 0 N–H and O–H groups in total. The van der Waals surface area contributed by atoms with Crippen LogP contribution in [0.2, 0.25) is 5.02 Å². The normalized spacial score (nSPS) is 11.3. The summed E-state index contributed by atoms with van der Waals surface area (Å²) in [6.45, 7) is 2.07. The van der Waals surface area contributed by atoms with E-state index in [2.05, 4.69) is 33.2 Å². The molecule has 3 aromatic heterocycles. The van der Waals surface area contributed by atoms with E-state index in [9.17, 15) is 0 Å². The largest absolute Gasteiger partial charge is 0.305 e. The molecule has 5 nitrogen and oxygen atoms in total. The summed E-state index contributed by atoms with van der Waals surface area (Å²) >= 11 is 9.41. The van der Waals surface area contributed by atoms with Crippen LogP contribution in [0, 0.1) is 6.92 Å². The lowest BCUT2D eigenvalue weighted by atomic mass is 10.2. The molecule has 24 heavy (non-hydrogen) atoms. The Kier molecular flexibility index (Phi) is 3.99. The van der Waals surface area contributed by atoms with E-state index in [4.69, 9.17) is 11.6 Å². The van der Waals surface area contributed by atoms with Crippen molar-refractivity contribution in [2.24, 2.45) is 7.05 Å². The molecular weight excluding hydrogens is 362 g/mol. The standard InChI is InChI=1S/C16H12ClN5S2/c1-9-7-11-14(23-9)18-8-19-15(11)24-16-21-20-13(22(16)2)10-5-3-4-6-12(10)17/h3-8H,1-2H3. The first-order valence-corrected chi connectivity index (χ1v) is 9.18. The van der Waals surface area contributed by atoms with Gasteiger partial charge in [0.25, 0.3) is 0 Å². The number of thiophene rings is 1. The average Bonchev–Trinajstić information content (AvgIpc) is 3.12. The van der Waals surface area contributed by atoms with Gasteiger partial charge < -0.3 is 4.57 Å². The lowest BCUT2D eigenvalue weighted by Gasteiger charge is -2.05. The second-order valence-corrected chi connectivity index (χ2v) is 7.80. The smallest absolute Gasteiger partial charge is 0.197 e. The minimum Gasteiger partial charge on any atom is -0.305 e. The van der Waals surface area contributed by atoms with Crippen molar-refractivity contribution in [2.45, 2.75) is 17.1 Å². The van der Waals surface area contributed by atoms with Crippen LogP contribution in [-0.4, -0.2) is 24.7 Å². The van der Waals surface area contributed by atoms with Crippen molar-refractivity contribution < 1.29 is 0 Å². The Morgan fingerprint density at radius 3 is 2.83 bits per heavy atom. The Bertz CT molecular complexity index is 1040. The van der Waals surface area contributed by atoms with Crippen LogP contribution in [-0.2, 0) is 7.05 Å². The maximum atomic E-state index is 6.27. The fourth-order valence-corrected chi connectivity index (χ4v) is 4.38. The van der Waals surface area contributed by atoms with Crippen LogP contribution >= 0.6 is 34.7 Å². The van der Waals surface area contributed by atoms with Crippen molar-refractivity contribution in [3.05, 3.63) is 46.6 Å². The van der Waals surface area contributed by atoms with Gasteiger partial charge in [0.05, 0.1) is 5.02 Å². The van der Waals surface area contributed by atoms with Crippen molar-refractivity contribution in [1.82, 2.24) is 24.7 Å². The van der Waals surface area contributed by atoms with Gasteiger partial charge in [0.15, 0.2) is 11.0 Å². The van der Waals surface area contributed by atoms with Crippen LogP contribution in [0.15, 0.2) is 46.8 Å². The SMILES string of the molecule is Cc1cc2c(Sc3nnc(-c4ccccc4Cl)n3C)ncnc2s1. The fraction of sp³-hybridized carbons (Fsp3) is 0.125. The molecule has 0 unspecified atom stereocenters. The quantitative estimate of drug-likeness (QED) is 0.491. The zero-order valence-corrected chi connectivity index (χ0v) is 15.3. The molecule has 4 rings (SSSR count). The Hall–Kier alpha value is -1.96. The molecule has 0 aliphatic heterocycles. The third-order valence-corrected chi connectivity index (χ3v) is 5.90. The van der Waals surface area contributed by atoms with Crippen LogP contribution in [0.25, 0.3) is 21.6 Å². The maximum absolute atomic E-state index is 6.27. The van der Waals surface area contributed by atoms with Gasteiger partial charge in [0.1, 0.15) is 16.2 Å². The van der Waals surface area contributed by atoms with Crippen molar-refractivity contribution in [1.29, 1.82) is 0 Å². The van der Waals surface area contributed by atoms with Crippen molar-refractivity contribution in [3.8, 4) is 11.4 Å². The van der Waals surface area contributed by atoms with E-state index in [0.717, 1.165) is 31.8 Å². The van der Waals surface area contributed by atoms with Crippen LogP contribution in [0.4, 0.5) is 0 Å². The molecule has 3 heterocycles. The van der Waals surface area contributed by atoms with Gasteiger partial charge in [-0.1, -0.05) is 23.7 Å². The van der Waals surface area contributed by atoms with Gasteiger partial charge in [0, 0.05) is 22.9 Å². The summed E-state index contributed by atoms with van der Waals surface area (Å²) in [5.41, 5.74) is 0.861. The van der Waals surface area contributed by atoms with Crippen molar-refractivity contribution >= 4 is 44.9 Å². The second-order valence-electron chi connectivity index (χ2n) is 5.20. The highest BCUT2D eigenvalue weighted by Crippen LogP contribution is 2.35. The summed E-state index contributed by atoms with van der Waals surface area (Å²) in [6.07, 6.45) is 1.59. The Morgan fingerprint density at radius 1 is 1.17 bits per heavy atom. The molecule has 0 saturated heterocycles. The number of nitrogens with zero attached hydrogens (tertiary/aromatic N) is 5. The lowest BCUT2D eigenvalue weighted by molar-refractivity contribution is 0.793. The lowest BCUT2D eigenvalue weighted by Crippen LogP contribution is -1.95. The number of hydrogen-bond donors (Lipinski definition) is 0. The fourth-order valence-electron chi connectivity index (χ4n) is 2.40. The van der Waals surface area contributed by atoms with Crippen LogP contribution in [0.3, 0.4) is 0 Å². The van der Waals surface area contributed by atoms with E-state index in [-0.39, 0.29) is 0 Å². The number of aryl methyl sites for hydroxylation is 1. The summed E-state index contributed by atoms with van der Waals surface area (Å²) in [4.78, 5) is 10.9. The monoisotopic (exact) mass is 373 g/mol. The minimum atomic E-state index is 0.655. The highest BCUT2D eigenvalue weighted by atomic mass is 35.5. The van der Waals surface area contributed by atoms with E-state index in [1.54, 1.807) is 17.7 Å². The zero-order valence-electron chi connectivity index (χ0n) is 12.9. The van der Waals surface area contributed by atoms with E-state index >= 15 is 0 Å². The molecule has 0 aliphatic carbocycles. The number of benzene rings is 1. The second kappa shape index (κ2) is 6.16. The molecule has 8 heteroatoms. The van der Waals surface area contributed by atoms with Crippen molar-refractivity contribution in [3.63, 3.8) is 0 Å². The molecule has 0 radical (unpaired) electrons. The molecule has 1 aromatic carbocycles. The van der Waals surface area contributed by atoms with Crippen LogP contribution in [0.5, 0.6) is 0 Å². The molecule has 120 valence electrons. The first-order chi connectivity index (χ1) is 11.6. The Balaban J connectivity index is 1.75. The Morgan fingerprint density at radius 2 is 2.00 bits per heavy atom. The molecular formula is C16H12ClN5S2. The molecule has 0 spiro atoms. The summed E-state index contributed by atoms with van der Waals surface area (Å²) in [5, 5.41) is 11.9. The summed E-state index contributed by atoms with van der Waals surface area (Å²) in [7, 11) is 1.93.